The fourth-order valence-corrected chi connectivity index (χ4v) is 3.99. The first-order valence-corrected chi connectivity index (χ1v) is 10.5. The van der Waals surface area contributed by atoms with Crippen LogP contribution in [0.4, 0.5) is 11.6 Å². The summed E-state index contributed by atoms with van der Waals surface area (Å²) >= 11 is 0. The SMILES string of the molecule is O=S(=O)(Nc1nc2ccccc2nc1NC1CC1)c1ccc2c(c1)OCCO2. The van der Waals surface area contributed by atoms with Crippen LogP contribution in [0.1, 0.15) is 12.8 Å². The van der Waals surface area contributed by atoms with Gasteiger partial charge in [0.1, 0.15) is 13.2 Å². The van der Waals surface area contributed by atoms with Gasteiger partial charge in [-0.1, -0.05) is 12.1 Å². The van der Waals surface area contributed by atoms with Crippen molar-refractivity contribution < 1.29 is 17.9 Å². The summed E-state index contributed by atoms with van der Waals surface area (Å²) in [7, 11) is -3.88. The molecule has 0 unspecified atom stereocenters. The number of hydrogen-bond acceptors (Lipinski definition) is 7. The fourth-order valence-electron chi connectivity index (χ4n) is 2.97. The van der Waals surface area contributed by atoms with E-state index in [0.29, 0.717) is 47.6 Å². The maximum Gasteiger partial charge on any atom is 0.263 e. The molecule has 1 fully saturated rings. The lowest BCUT2D eigenvalue weighted by molar-refractivity contribution is 0.171. The molecule has 28 heavy (non-hydrogen) atoms. The van der Waals surface area contributed by atoms with Gasteiger partial charge in [-0.2, -0.15) is 0 Å². The highest BCUT2D eigenvalue weighted by atomic mass is 32.2. The van der Waals surface area contributed by atoms with Gasteiger partial charge in [-0.05, 0) is 37.1 Å². The number of nitrogens with zero attached hydrogens (tertiary/aromatic N) is 2. The smallest absolute Gasteiger partial charge is 0.263 e. The third-order valence-corrected chi connectivity index (χ3v) is 5.88. The van der Waals surface area contributed by atoms with Crippen LogP contribution in [0.2, 0.25) is 0 Å². The summed E-state index contributed by atoms with van der Waals surface area (Å²) in [5.41, 5.74) is 1.32. The number of sulfonamides is 1. The van der Waals surface area contributed by atoms with Crippen LogP contribution in [-0.4, -0.2) is 37.6 Å². The molecule has 3 aromatic rings. The third kappa shape index (κ3) is 3.29. The maximum atomic E-state index is 13.0. The molecule has 5 rings (SSSR count). The van der Waals surface area contributed by atoms with Gasteiger partial charge >= 0.3 is 0 Å². The van der Waals surface area contributed by atoms with Crippen molar-refractivity contribution >= 4 is 32.7 Å². The van der Waals surface area contributed by atoms with Gasteiger partial charge in [-0.15, -0.1) is 0 Å². The lowest BCUT2D eigenvalue weighted by Crippen LogP contribution is -2.19. The van der Waals surface area contributed by atoms with E-state index in [4.69, 9.17) is 9.47 Å². The molecule has 2 heterocycles. The molecule has 0 atom stereocenters. The first kappa shape index (κ1) is 17.1. The van der Waals surface area contributed by atoms with Gasteiger partial charge in [0.05, 0.1) is 15.9 Å². The topological polar surface area (TPSA) is 102 Å². The number of aromatic nitrogens is 2. The van der Waals surface area contributed by atoms with Crippen molar-refractivity contribution in [2.24, 2.45) is 0 Å². The van der Waals surface area contributed by atoms with Crippen LogP contribution < -0.4 is 19.5 Å². The van der Waals surface area contributed by atoms with E-state index in [1.165, 1.54) is 12.1 Å². The second-order valence-corrected chi connectivity index (χ2v) is 8.42. The lowest BCUT2D eigenvalue weighted by Gasteiger charge is -2.19. The van der Waals surface area contributed by atoms with E-state index < -0.39 is 10.0 Å². The zero-order valence-corrected chi connectivity index (χ0v) is 15.7. The van der Waals surface area contributed by atoms with E-state index in [-0.39, 0.29) is 10.7 Å². The van der Waals surface area contributed by atoms with Gasteiger partial charge < -0.3 is 14.8 Å². The minimum atomic E-state index is -3.88. The zero-order valence-electron chi connectivity index (χ0n) is 14.9. The summed E-state index contributed by atoms with van der Waals surface area (Å²) in [5.74, 6) is 1.56. The number of rotatable bonds is 5. The summed E-state index contributed by atoms with van der Waals surface area (Å²) < 4.78 is 39.5. The lowest BCUT2D eigenvalue weighted by atomic mass is 10.3. The Labute approximate surface area is 162 Å². The Morgan fingerprint density at radius 3 is 2.29 bits per heavy atom. The number of para-hydroxylation sites is 2. The Hall–Kier alpha value is -3.07. The molecule has 0 bridgehead atoms. The molecule has 1 saturated carbocycles. The van der Waals surface area contributed by atoms with Crippen molar-refractivity contribution in [2.45, 2.75) is 23.8 Å². The highest BCUT2D eigenvalue weighted by Gasteiger charge is 2.26. The Bertz CT molecular complexity index is 1160. The number of anilines is 2. The number of fused-ring (bicyclic) bond motifs is 2. The quantitative estimate of drug-likeness (QED) is 0.681. The standard InChI is InChI=1S/C19H18N4O4S/c24-28(25,13-7-8-16-17(11-13)27-10-9-26-16)23-19-18(20-12-5-6-12)21-14-3-1-2-4-15(14)22-19/h1-4,7-8,11-12H,5-6,9-10H2,(H,20,21)(H,22,23). The van der Waals surface area contributed by atoms with Crippen LogP contribution in [0.3, 0.4) is 0 Å². The van der Waals surface area contributed by atoms with Gasteiger partial charge in [0.2, 0.25) is 0 Å². The predicted octanol–water partition coefficient (Wildman–Crippen LogP) is 2.78. The van der Waals surface area contributed by atoms with Crippen LogP contribution in [0.15, 0.2) is 47.4 Å². The summed E-state index contributed by atoms with van der Waals surface area (Å²) in [6, 6.07) is 12.2. The second kappa shape index (κ2) is 6.52. The number of ether oxygens (including phenoxy) is 2. The molecule has 1 aliphatic heterocycles. The Kier molecular flexibility index (Phi) is 3.97. The maximum absolute atomic E-state index is 13.0. The zero-order chi connectivity index (χ0) is 19.1. The molecule has 0 radical (unpaired) electrons. The molecule has 0 spiro atoms. The monoisotopic (exact) mass is 398 g/mol. The highest BCUT2D eigenvalue weighted by Crippen LogP contribution is 2.34. The highest BCUT2D eigenvalue weighted by molar-refractivity contribution is 7.92. The summed E-state index contributed by atoms with van der Waals surface area (Å²) in [6.45, 7) is 0.829. The van der Waals surface area contributed by atoms with E-state index in [0.717, 1.165) is 12.8 Å². The normalized spacial score (nSPS) is 16.0. The van der Waals surface area contributed by atoms with Gasteiger partial charge in [-0.25, -0.2) is 18.4 Å². The average Bonchev–Trinajstić information content (AvgIpc) is 3.52. The van der Waals surface area contributed by atoms with Crippen molar-refractivity contribution in [3.63, 3.8) is 0 Å². The van der Waals surface area contributed by atoms with E-state index in [9.17, 15) is 8.42 Å². The molecule has 0 amide bonds. The largest absolute Gasteiger partial charge is 0.486 e. The molecule has 2 aromatic carbocycles. The van der Waals surface area contributed by atoms with Crippen LogP contribution in [0.5, 0.6) is 11.5 Å². The fraction of sp³-hybridized carbons (Fsp3) is 0.263. The molecule has 1 aliphatic carbocycles. The van der Waals surface area contributed by atoms with E-state index in [1.807, 2.05) is 18.2 Å². The molecular weight excluding hydrogens is 380 g/mol. The molecule has 2 aliphatic rings. The predicted molar refractivity (Wildman–Crippen MR) is 104 cm³/mol. The molecule has 0 saturated heterocycles. The average molecular weight is 398 g/mol. The third-order valence-electron chi connectivity index (χ3n) is 4.54. The summed E-state index contributed by atoms with van der Waals surface area (Å²) in [6.07, 6.45) is 2.06. The molecule has 9 heteroatoms. The summed E-state index contributed by atoms with van der Waals surface area (Å²) in [5, 5.41) is 3.26. The van der Waals surface area contributed by atoms with Crippen molar-refractivity contribution in [1.82, 2.24) is 9.97 Å². The van der Waals surface area contributed by atoms with E-state index >= 15 is 0 Å². The van der Waals surface area contributed by atoms with Crippen molar-refractivity contribution in [3.05, 3.63) is 42.5 Å². The van der Waals surface area contributed by atoms with Gasteiger partial charge in [0.25, 0.3) is 10.0 Å². The van der Waals surface area contributed by atoms with Crippen molar-refractivity contribution in [1.29, 1.82) is 0 Å². The Balaban J connectivity index is 1.52. The van der Waals surface area contributed by atoms with Crippen LogP contribution >= 0.6 is 0 Å². The number of benzene rings is 2. The van der Waals surface area contributed by atoms with Crippen LogP contribution in [0, 0.1) is 0 Å². The number of nitrogens with one attached hydrogen (secondary N) is 2. The first-order chi connectivity index (χ1) is 13.6. The number of hydrogen-bond donors (Lipinski definition) is 2. The molecule has 2 N–H and O–H groups in total. The van der Waals surface area contributed by atoms with Gasteiger partial charge in [0, 0.05) is 12.1 Å². The second-order valence-electron chi connectivity index (χ2n) is 6.74. The molecular formula is C19H18N4O4S. The molecule has 144 valence electrons. The van der Waals surface area contributed by atoms with E-state index in [1.54, 1.807) is 12.1 Å². The summed E-state index contributed by atoms with van der Waals surface area (Å²) in [4.78, 5) is 9.11. The van der Waals surface area contributed by atoms with Gasteiger partial charge in [-0.3, -0.25) is 4.72 Å². The van der Waals surface area contributed by atoms with Crippen molar-refractivity contribution in [3.8, 4) is 11.5 Å². The van der Waals surface area contributed by atoms with Crippen LogP contribution in [0.25, 0.3) is 11.0 Å². The van der Waals surface area contributed by atoms with Crippen molar-refractivity contribution in [2.75, 3.05) is 23.3 Å². The molecule has 1 aromatic heterocycles. The first-order valence-electron chi connectivity index (χ1n) is 9.04. The molecule has 8 nitrogen and oxygen atoms in total. The van der Waals surface area contributed by atoms with Crippen LogP contribution in [-0.2, 0) is 10.0 Å². The Morgan fingerprint density at radius 1 is 0.893 bits per heavy atom. The van der Waals surface area contributed by atoms with E-state index in [2.05, 4.69) is 20.0 Å². The minimum absolute atomic E-state index is 0.0732. The Morgan fingerprint density at radius 2 is 1.57 bits per heavy atom. The minimum Gasteiger partial charge on any atom is -0.486 e. The van der Waals surface area contributed by atoms with Gasteiger partial charge in [0.15, 0.2) is 23.1 Å².